The highest BCUT2D eigenvalue weighted by atomic mass is 19.4. The van der Waals surface area contributed by atoms with Crippen molar-refractivity contribution in [2.45, 2.75) is 44.8 Å². The van der Waals surface area contributed by atoms with E-state index in [4.69, 9.17) is 0 Å². The number of alkyl halides is 3. The molecule has 0 aliphatic heterocycles. The van der Waals surface area contributed by atoms with Gasteiger partial charge in [0, 0.05) is 0 Å². The average molecular weight is 432 g/mol. The number of hydrogen-bond acceptors (Lipinski definition) is 3. The first-order valence-electron chi connectivity index (χ1n) is 9.95. The van der Waals surface area contributed by atoms with Gasteiger partial charge in [0.1, 0.15) is 5.82 Å². The second-order valence-electron chi connectivity index (χ2n) is 7.60. The number of aromatic nitrogens is 3. The molecule has 1 N–H and O–H groups in total. The molecule has 0 radical (unpaired) electrons. The summed E-state index contributed by atoms with van der Waals surface area (Å²) in [7, 11) is 0. The van der Waals surface area contributed by atoms with Crippen LogP contribution >= 0.6 is 0 Å². The van der Waals surface area contributed by atoms with E-state index >= 15 is 0 Å². The molecule has 1 amide bonds. The molecular weight excluding hydrogens is 412 g/mol. The zero-order valence-electron chi connectivity index (χ0n) is 16.7. The van der Waals surface area contributed by atoms with Gasteiger partial charge in [0.25, 0.3) is 5.91 Å². The van der Waals surface area contributed by atoms with E-state index in [1.165, 1.54) is 11.1 Å². The maximum absolute atomic E-state index is 13.8. The number of hydrogen-bond donors (Lipinski definition) is 1. The van der Waals surface area contributed by atoms with E-state index in [1.54, 1.807) is 6.92 Å². The number of fused-ring (bicyclic) bond motifs is 1. The molecule has 5 nitrogen and oxygen atoms in total. The highest BCUT2D eigenvalue weighted by molar-refractivity contribution is 5.93. The number of rotatable bonds is 4. The summed E-state index contributed by atoms with van der Waals surface area (Å²) < 4.78 is 54.9. The van der Waals surface area contributed by atoms with Crippen LogP contribution in [-0.2, 0) is 19.0 Å². The Morgan fingerprint density at radius 1 is 1.06 bits per heavy atom. The summed E-state index contributed by atoms with van der Waals surface area (Å²) in [6, 6.07) is 9.67. The lowest BCUT2D eigenvalue weighted by atomic mass is 9.89. The van der Waals surface area contributed by atoms with Gasteiger partial charge in [-0.25, -0.2) is 9.07 Å². The Labute approximate surface area is 176 Å². The second-order valence-corrected chi connectivity index (χ2v) is 7.60. The first-order valence-corrected chi connectivity index (χ1v) is 9.95. The molecule has 0 saturated carbocycles. The number of aryl methyl sites for hydroxylation is 2. The maximum Gasteiger partial charge on any atom is 0.435 e. The minimum absolute atomic E-state index is 0.0528. The van der Waals surface area contributed by atoms with Crippen LogP contribution in [-0.4, -0.2) is 20.9 Å². The fourth-order valence-corrected chi connectivity index (χ4v) is 3.82. The molecule has 1 atom stereocenters. The maximum atomic E-state index is 13.8. The van der Waals surface area contributed by atoms with Crippen LogP contribution in [0.4, 0.5) is 17.6 Å². The molecule has 4 rings (SSSR count). The van der Waals surface area contributed by atoms with Crippen molar-refractivity contribution in [2.24, 2.45) is 0 Å². The molecule has 162 valence electrons. The monoisotopic (exact) mass is 432 g/mol. The zero-order valence-corrected chi connectivity index (χ0v) is 16.7. The summed E-state index contributed by atoms with van der Waals surface area (Å²) in [5.41, 5.74) is 1.10. The van der Waals surface area contributed by atoms with Crippen molar-refractivity contribution in [3.05, 3.63) is 76.4 Å². The van der Waals surface area contributed by atoms with Gasteiger partial charge in [-0.2, -0.15) is 13.2 Å². The van der Waals surface area contributed by atoms with Crippen molar-refractivity contribution in [1.29, 1.82) is 0 Å². The van der Waals surface area contributed by atoms with Crippen LogP contribution in [0.1, 0.15) is 58.7 Å². The molecule has 1 heterocycles. The van der Waals surface area contributed by atoms with Gasteiger partial charge in [-0.1, -0.05) is 23.4 Å². The summed E-state index contributed by atoms with van der Waals surface area (Å²) in [6.07, 6.45) is -0.688. The summed E-state index contributed by atoms with van der Waals surface area (Å²) in [6.45, 7) is 1.71. The fraction of sp³-hybridized carbons (Fsp3) is 0.318. The van der Waals surface area contributed by atoms with Crippen LogP contribution in [0.5, 0.6) is 0 Å². The van der Waals surface area contributed by atoms with Crippen LogP contribution in [0, 0.1) is 5.82 Å². The Balaban J connectivity index is 1.62. The van der Waals surface area contributed by atoms with Crippen LogP contribution in [0.15, 0.2) is 42.5 Å². The van der Waals surface area contributed by atoms with Crippen LogP contribution in [0.25, 0.3) is 5.69 Å². The van der Waals surface area contributed by atoms with Gasteiger partial charge in [0.2, 0.25) is 0 Å². The number of amides is 1. The Morgan fingerprint density at radius 3 is 2.42 bits per heavy atom. The van der Waals surface area contributed by atoms with Crippen LogP contribution in [0.2, 0.25) is 0 Å². The third-order valence-electron chi connectivity index (χ3n) is 5.45. The predicted octanol–water partition coefficient (Wildman–Crippen LogP) is 4.80. The molecular formula is C22H20F4N4O. The van der Waals surface area contributed by atoms with Crippen molar-refractivity contribution < 1.29 is 22.4 Å². The van der Waals surface area contributed by atoms with E-state index in [1.807, 2.05) is 18.2 Å². The summed E-state index contributed by atoms with van der Waals surface area (Å²) in [4.78, 5) is 12.7. The van der Waals surface area contributed by atoms with E-state index in [9.17, 15) is 22.4 Å². The molecule has 31 heavy (non-hydrogen) atoms. The van der Waals surface area contributed by atoms with E-state index in [0.29, 0.717) is 4.68 Å². The molecule has 1 unspecified atom stereocenters. The van der Waals surface area contributed by atoms with Crippen molar-refractivity contribution in [3.63, 3.8) is 0 Å². The molecule has 1 aromatic heterocycles. The van der Waals surface area contributed by atoms with Crippen molar-refractivity contribution in [2.75, 3.05) is 0 Å². The highest BCUT2D eigenvalue weighted by Crippen LogP contribution is 2.33. The Kier molecular flexibility index (Phi) is 5.51. The number of benzene rings is 2. The summed E-state index contributed by atoms with van der Waals surface area (Å²) in [5, 5.41) is 9.58. The molecule has 1 aliphatic carbocycles. The van der Waals surface area contributed by atoms with Gasteiger partial charge in [-0.3, -0.25) is 4.79 Å². The molecule has 0 saturated heterocycles. The number of nitrogens with zero attached hydrogens (tertiary/aromatic N) is 3. The number of carbonyl (C=O) groups excluding carboxylic acids is 1. The van der Waals surface area contributed by atoms with Gasteiger partial charge in [-0.05, 0) is 73.6 Å². The van der Waals surface area contributed by atoms with Crippen LogP contribution in [0.3, 0.4) is 0 Å². The second kappa shape index (κ2) is 8.13. The lowest BCUT2D eigenvalue weighted by molar-refractivity contribution is -0.143. The standard InChI is InChI=1S/C22H20F4N4O/c1-13(15-7-6-14-4-2-3-5-16(14)12-15)27-21(31)19-20(22(24,25)26)30(29-28-19)18-10-8-17(23)9-11-18/h6-13H,2-5H2,1H3,(H,27,31). The minimum Gasteiger partial charge on any atom is -0.344 e. The van der Waals surface area contributed by atoms with Crippen molar-refractivity contribution in [1.82, 2.24) is 20.3 Å². The Bertz CT molecular complexity index is 1110. The van der Waals surface area contributed by atoms with E-state index < -0.39 is 35.3 Å². The lowest BCUT2D eigenvalue weighted by Gasteiger charge is -2.20. The van der Waals surface area contributed by atoms with Gasteiger partial charge in [0.15, 0.2) is 11.4 Å². The summed E-state index contributed by atoms with van der Waals surface area (Å²) in [5.74, 6) is -1.58. The quantitative estimate of drug-likeness (QED) is 0.603. The van der Waals surface area contributed by atoms with Crippen LogP contribution < -0.4 is 5.32 Å². The molecule has 9 heteroatoms. The third kappa shape index (κ3) is 4.30. The normalized spacial score (nSPS) is 14.7. The molecule has 0 fully saturated rings. The molecule has 0 bridgehead atoms. The number of halogens is 4. The first kappa shape index (κ1) is 21.0. The molecule has 2 aromatic carbocycles. The molecule has 1 aliphatic rings. The topological polar surface area (TPSA) is 59.8 Å². The van der Waals surface area contributed by atoms with E-state index in [0.717, 1.165) is 55.5 Å². The van der Waals surface area contributed by atoms with Gasteiger partial charge in [0.05, 0.1) is 11.7 Å². The third-order valence-corrected chi connectivity index (χ3v) is 5.45. The Hall–Kier alpha value is -3.23. The average Bonchev–Trinajstić information content (AvgIpc) is 3.20. The van der Waals surface area contributed by atoms with Gasteiger partial charge < -0.3 is 5.32 Å². The lowest BCUT2D eigenvalue weighted by Crippen LogP contribution is -2.29. The SMILES string of the molecule is CC(NC(=O)c1nnn(-c2ccc(F)cc2)c1C(F)(F)F)c1ccc2c(c1)CCCC2. The van der Waals surface area contributed by atoms with E-state index in [-0.39, 0.29) is 5.69 Å². The highest BCUT2D eigenvalue weighted by Gasteiger charge is 2.42. The first-order chi connectivity index (χ1) is 14.7. The zero-order chi connectivity index (χ0) is 22.2. The van der Waals surface area contributed by atoms with Gasteiger partial charge >= 0.3 is 6.18 Å². The van der Waals surface area contributed by atoms with Crippen molar-refractivity contribution in [3.8, 4) is 5.69 Å². The van der Waals surface area contributed by atoms with Crippen molar-refractivity contribution >= 4 is 5.91 Å². The smallest absolute Gasteiger partial charge is 0.344 e. The largest absolute Gasteiger partial charge is 0.435 e. The predicted molar refractivity (Wildman–Crippen MR) is 105 cm³/mol. The minimum atomic E-state index is -4.89. The van der Waals surface area contributed by atoms with E-state index in [2.05, 4.69) is 15.6 Å². The number of carbonyl (C=O) groups is 1. The molecule has 0 spiro atoms. The fourth-order valence-electron chi connectivity index (χ4n) is 3.82. The van der Waals surface area contributed by atoms with Gasteiger partial charge in [-0.15, -0.1) is 5.10 Å². The number of nitrogens with one attached hydrogen (secondary N) is 1. The molecule has 3 aromatic rings. The summed E-state index contributed by atoms with van der Waals surface area (Å²) >= 11 is 0. The Morgan fingerprint density at radius 2 is 1.74 bits per heavy atom.